The number of carbonyl (C=O) groups excluding carboxylic acids is 3. The van der Waals surface area contributed by atoms with Gasteiger partial charge in [0.1, 0.15) is 18.8 Å². The molecule has 8 nitrogen and oxygen atoms in total. The maximum Gasteiger partial charge on any atom is 0.305 e. The van der Waals surface area contributed by atoms with Gasteiger partial charge in [0.15, 0.2) is 5.78 Å². The highest BCUT2D eigenvalue weighted by atomic mass is 19.1. The summed E-state index contributed by atoms with van der Waals surface area (Å²) in [6.45, 7) is 2.55. The number of Topliss-reactive ketones (excluding diaryl/α,β-unsaturated/α-hetero) is 1. The van der Waals surface area contributed by atoms with E-state index in [1.54, 1.807) is 13.0 Å². The molecule has 1 fully saturated rings. The molecule has 1 aromatic carbocycles. The summed E-state index contributed by atoms with van der Waals surface area (Å²) >= 11 is 0. The highest BCUT2D eigenvalue weighted by Gasteiger charge is 2.37. The fraction of sp³-hybridized carbons (Fsp3) is 0.524. The van der Waals surface area contributed by atoms with Crippen molar-refractivity contribution in [3.63, 3.8) is 0 Å². The number of hydrogen-bond donors (Lipinski definition) is 2. The number of ketones is 1. The van der Waals surface area contributed by atoms with Gasteiger partial charge in [-0.25, -0.2) is 4.39 Å². The minimum atomic E-state index is -1.46. The van der Waals surface area contributed by atoms with Crippen LogP contribution >= 0.6 is 0 Å². The van der Waals surface area contributed by atoms with Crippen LogP contribution in [0.25, 0.3) is 0 Å². The molecular formula is C21H26FN3O5. The highest BCUT2D eigenvalue weighted by molar-refractivity contribution is 6.02. The Kier molecular flexibility index (Phi) is 6.69. The zero-order chi connectivity index (χ0) is 21.8. The van der Waals surface area contributed by atoms with Crippen LogP contribution in [0.5, 0.6) is 0 Å². The van der Waals surface area contributed by atoms with Gasteiger partial charge in [0.25, 0.3) is 5.91 Å². The lowest BCUT2D eigenvalue weighted by Gasteiger charge is -2.27. The van der Waals surface area contributed by atoms with Crippen molar-refractivity contribution < 1.29 is 28.7 Å². The van der Waals surface area contributed by atoms with Crippen molar-refractivity contribution >= 4 is 29.3 Å². The van der Waals surface area contributed by atoms with Crippen LogP contribution in [0.3, 0.4) is 0 Å². The van der Waals surface area contributed by atoms with Crippen LogP contribution in [0.15, 0.2) is 18.2 Å². The molecule has 2 amide bonds. The van der Waals surface area contributed by atoms with Crippen LogP contribution in [0.2, 0.25) is 0 Å². The van der Waals surface area contributed by atoms with Crippen molar-refractivity contribution in [2.75, 3.05) is 24.7 Å². The molecule has 1 unspecified atom stereocenters. The number of carboxylic acids is 1. The van der Waals surface area contributed by atoms with Gasteiger partial charge in [0, 0.05) is 30.9 Å². The molecule has 3 rings (SSSR count). The molecule has 162 valence electrons. The molecule has 2 N–H and O–H groups in total. The lowest BCUT2D eigenvalue weighted by molar-refractivity contribution is -0.140. The molecule has 9 heteroatoms. The number of carboxylic acid groups (broad SMARTS) is 1. The maximum absolute atomic E-state index is 12.9. The van der Waals surface area contributed by atoms with Gasteiger partial charge in [-0.15, -0.1) is 0 Å². The Bertz CT molecular complexity index is 853. The number of halogens is 1. The molecule has 0 spiro atoms. The number of nitrogens with one attached hydrogen (secondary N) is 1. The van der Waals surface area contributed by atoms with E-state index in [1.807, 2.05) is 12.1 Å². The number of hydrogen-bond acceptors (Lipinski definition) is 5. The van der Waals surface area contributed by atoms with E-state index in [0.29, 0.717) is 5.56 Å². The fourth-order valence-electron chi connectivity index (χ4n) is 4.08. The second-order valence-electron chi connectivity index (χ2n) is 7.65. The molecule has 0 bridgehead atoms. The van der Waals surface area contributed by atoms with E-state index in [0.717, 1.165) is 37.2 Å². The number of amides is 2. The maximum atomic E-state index is 12.9. The van der Waals surface area contributed by atoms with Crippen molar-refractivity contribution in [3.8, 4) is 0 Å². The molecule has 2 atom stereocenters. The molecule has 30 heavy (non-hydrogen) atoms. The summed E-state index contributed by atoms with van der Waals surface area (Å²) in [6.07, 6.45) is 1.83. The smallest absolute Gasteiger partial charge is 0.305 e. The van der Waals surface area contributed by atoms with Gasteiger partial charge in [-0.05, 0) is 43.0 Å². The molecule has 2 heterocycles. The topological polar surface area (TPSA) is 107 Å². The van der Waals surface area contributed by atoms with Crippen molar-refractivity contribution in [1.82, 2.24) is 10.2 Å². The molecule has 0 aromatic heterocycles. The van der Waals surface area contributed by atoms with Gasteiger partial charge in [-0.1, -0.05) is 6.92 Å². The molecule has 0 aliphatic carbocycles. The molecule has 0 radical (unpaired) electrons. The Morgan fingerprint density at radius 1 is 1.23 bits per heavy atom. The van der Waals surface area contributed by atoms with Gasteiger partial charge < -0.3 is 20.2 Å². The van der Waals surface area contributed by atoms with Gasteiger partial charge in [0.05, 0.1) is 6.42 Å². The summed E-state index contributed by atoms with van der Waals surface area (Å²) in [5.74, 6) is -3.28. The standard InChI is InChI=1S/C21H26FN3O5/c1-2-17(20(29)23-16(10-19(27)28)18(26)11-22)25-12-13-9-14(24-7-3-4-8-24)5-6-15(13)21(25)30/h5-6,9,16-17H,2-4,7-8,10-12H2,1H3,(H,23,29)(H,27,28)/t16?,17-/m0/s1. The molecule has 0 saturated carbocycles. The van der Waals surface area contributed by atoms with Gasteiger partial charge >= 0.3 is 5.97 Å². The third-order valence-corrected chi connectivity index (χ3v) is 5.67. The van der Waals surface area contributed by atoms with Crippen molar-refractivity contribution in [2.45, 2.75) is 51.2 Å². The molecule has 2 aliphatic heterocycles. The van der Waals surface area contributed by atoms with Gasteiger partial charge in [-0.3, -0.25) is 19.2 Å². The number of aliphatic carboxylic acids is 1. The SMILES string of the molecule is CC[C@@H](C(=O)NC(CC(=O)O)C(=O)CF)N1Cc2cc(N3CCCC3)ccc2C1=O. The monoisotopic (exact) mass is 419 g/mol. The third-order valence-electron chi connectivity index (χ3n) is 5.67. The number of benzene rings is 1. The van der Waals surface area contributed by atoms with Crippen molar-refractivity contribution in [3.05, 3.63) is 29.3 Å². The minimum Gasteiger partial charge on any atom is -0.481 e. The van der Waals surface area contributed by atoms with Crippen LogP contribution in [0.1, 0.15) is 48.5 Å². The predicted octanol–water partition coefficient (Wildman–Crippen LogP) is 1.52. The molecule has 1 aromatic rings. The van der Waals surface area contributed by atoms with E-state index in [-0.39, 0.29) is 18.9 Å². The molecular weight excluding hydrogens is 393 g/mol. The first kappa shape index (κ1) is 21.7. The van der Waals surface area contributed by atoms with Crippen molar-refractivity contribution in [1.29, 1.82) is 0 Å². The highest BCUT2D eigenvalue weighted by Crippen LogP contribution is 2.30. The Morgan fingerprint density at radius 2 is 1.93 bits per heavy atom. The zero-order valence-electron chi connectivity index (χ0n) is 16.9. The average molecular weight is 419 g/mol. The summed E-state index contributed by atoms with van der Waals surface area (Å²) in [7, 11) is 0. The number of rotatable bonds is 9. The normalized spacial score (nSPS) is 17.6. The zero-order valence-corrected chi connectivity index (χ0v) is 16.9. The number of alkyl halides is 1. The number of carbonyl (C=O) groups is 4. The molecule has 1 saturated heterocycles. The number of nitrogens with zero attached hydrogens (tertiary/aromatic N) is 2. The van der Waals surface area contributed by atoms with E-state index in [9.17, 15) is 23.6 Å². The predicted molar refractivity (Wildman–Crippen MR) is 107 cm³/mol. The Balaban J connectivity index is 1.75. The van der Waals surface area contributed by atoms with E-state index >= 15 is 0 Å². The Hall–Kier alpha value is -2.97. The first-order valence-electron chi connectivity index (χ1n) is 10.1. The lowest BCUT2D eigenvalue weighted by Crippen LogP contribution is -2.52. The van der Waals surface area contributed by atoms with Crippen LogP contribution in [-0.2, 0) is 20.9 Å². The first-order valence-corrected chi connectivity index (χ1v) is 10.1. The second kappa shape index (κ2) is 9.23. The van der Waals surface area contributed by atoms with Crippen LogP contribution < -0.4 is 10.2 Å². The quantitative estimate of drug-likeness (QED) is 0.629. The van der Waals surface area contributed by atoms with Gasteiger partial charge in [-0.2, -0.15) is 0 Å². The van der Waals surface area contributed by atoms with E-state index in [2.05, 4.69) is 10.2 Å². The largest absolute Gasteiger partial charge is 0.481 e. The summed E-state index contributed by atoms with van der Waals surface area (Å²) < 4.78 is 12.8. The molecule has 2 aliphatic rings. The van der Waals surface area contributed by atoms with Crippen LogP contribution in [-0.4, -0.2) is 65.4 Å². The van der Waals surface area contributed by atoms with Crippen LogP contribution in [0, 0.1) is 0 Å². The lowest BCUT2D eigenvalue weighted by atomic mass is 10.1. The minimum absolute atomic E-state index is 0.252. The second-order valence-corrected chi connectivity index (χ2v) is 7.65. The average Bonchev–Trinajstić information content (AvgIpc) is 3.36. The fourth-order valence-corrected chi connectivity index (χ4v) is 4.08. The van der Waals surface area contributed by atoms with Gasteiger partial charge in [0.2, 0.25) is 5.91 Å². The Morgan fingerprint density at radius 3 is 2.53 bits per heavy atom. The number of fused-ring (bicyclic) bond motifs is 1. The van der Waals surface area contributed by atoms with Crippen molar-refractivity contribution in [2.24, 2.45) is 0 Å². The summed E-state index contributed by atoms with van der Waals surface area (Å²) in [5.41, 5.74) is 2.41. The van der Waals surface area contributed by atoms with E-state index in [1.165, 1.54) is 4.90 Å². The first-order chi connectivity index (χ1) is 14.3. The Labute approximate surface area is 174 Å². The van der Waals surface area contributed by atoms with Crippen LogP contribution in [0.4, 0.5) is 10.1 Å². The summed E-state index contributed by atoms with van der Waals surface area (Å²) in [4.78, 5) is 52.0. The number of anilines is 1. The third kappa shape index (κ3) is 4.44. The van der Waals surface area contributed by atoms with E-state index < -0.39 is 42.8 Å². The van der Waals surface area contributed by atoms with E-state index in [4.69, 9.17) is 5.11 Å². The summed E-state index contributed by atoms with van der Waals surface area (Å²) in [5, 5.41) is 11.2. The summed E-state index contributed by atoms with van der Waals surface area (Å²) in [6, 6.07) is 3.31.